The summed E-state index contributed by atoms with van der Waals surface area (Å²) in [6, 6.07) is 0. The van der Waals surface area contributed by atoms with Crippen LogP contribution >= 0.6 is 11.8 Å². The standard InChI is InChI=1S/C10H25NO3SSi/c1-5-12-16(13-6-2,14-7-3)9-15-10(4)8-11/h10H,5-9,11H2,1-4H3. The van der Waals surface area contributed by atoms with E-state index in [1.165, 1.54) is 0 Å². The lowest BCUT2D eigenvalue weighted by molar-refractivity contribution is 0.0773. The monoisotopic (exact) mass is 267 g/mol. The third-order valence-electron chi connectivity index (χ3n) is 1.97. The van der Waals surface area contributed by atoms with Gasteiger partial charge in [-0.3, -0.25) is 0 Å². The molecule has 0 aliphatic heterocycles. The fraction of sp³-hybridized carbons (Fsp3) is 1.00. The van der Waals surface area contributed by atoms with Gasteiger partial charge in [0.25, 0.3) is 0 Å². The van der Waals surface area contributed by atoms with E-state index in [2.05, 4.69) is 6.92 Å². The van der Waals surface area contributed by atoms with Gasteiger partial charge < -0.3 is 19.0 Å². The first kappa shape index (κ1) is 16.4. The predicted molar refractivity (Wildman–Crippen MR) is 71.6 cm³/mol. The Balaban J connectivity index is 4.34. The molecule has 0 saturated carbocycles. The van der Waals surface area contributed by atoms with Gasteiger partial charge in [0, 0.05) is 31.6 Å². The molecule has 16 heavy (non-hydrogen) atoms. The van der Waals surface area contributed by atoms with Crippen molar-refractivity contribution < 1.29 is 13.3 Å². The van der Waals surface area contributed by atoms with Crippen molar-refractivity contribution in [1.82, 2.24) is 0 Å². The first-order valence-corrected chi connectivity index (χ1v) is 8.85. The van der Waals surface area contributed by atoms with Crippen molar-refractivity contribution in [2.24, 2.45) is 5.73 Å². The molecule has 4 nitrogen and oxygen atoms in total. The normalized spacial score (nSPS) is 14.1. The fourth-order valence-corrected chi connectivity index (χ4v) is 5.88. The van der Waals surface area contributed by atoms with Gasteiger partial charge in [-0.15, -0.1) is 0 Å². The van der Waals surface area contributed by atoms with Crippen LogP contribution < -0.4 is 5.73 Å². The molecular formula is C10H25NO3SSi. The maximum Gasteiger partial charge on any atom is 0.511 e. The molecule has 2 N–H and O–H groups in total. The first-order valence-electron chi connectivity index (χ1n) is 5.87. The van der Waals surface area contributed by atoms with E-state index < -0.39 is 8.80 Å². The summed E-state index contributed by atoms with van der Waals surface area (Å²) in [7, 11) is -2.47. The molecule has 1 atom stereocenters. The van der Waals surface area contributed by atoms with Gasteiger partial charge in [-0.25, -0.2) is 0 Å². The van der Waals surface area contributed by atoms with Crippen LogP contribution in [0.5, 0.6) is 0 Å². The van der Waals surface area contributed by atoms with Crippen molar-refractivity contribution in [3.8, 4) is 0 Å². The van der Waals surface area contributed by atoms with Crippen LogP contribution in [0.15, 0.2) is 0 Å². The van der Waals surface area contributed by atoms with Crippen molar-refractivity contribution in [2.45, 2.75) is 32.9 Å². The number of nitrogens with two attached hydrogens (primary N) is 1. The van der Waals surface area contributed by atoms with Crippen LogP contribution in [0.25, 0.3) is 0 Å². The minimum Gasteiger partial charge on any atom is -0.373 e. The van der Waals surface area contributed by atoms with E-state index >= 15 is 0 Å². The lowest BCUT2D eigenvalue weighted by Crippen LogP contribution is -2.49. The number of hydrogen-bond donors (Lipinski definition) is 1. The molecule has 0 heterocycles. The highest BCUT2D eigenvalue weighted by Gasteiger charge is 2.40. The molecule has 0 amide bonds. The highest BCUT2D eigenvalue weighted by atomic mass is 32.2. The van der Waals surface area contributed by atoms with Crippen LogP contribution in [0, 0.1) is 0 Å². The summed E-state index contributed by atoms with van der Waals surface area (Å²) in [4.78, 5) is 0. The third-order valence-corrected chi connectivity index (χ3v) is 7.00. The summed E-state index contributed by atoms with van der Waals surface area (Å²) in [6.07, 6.45) is 0. The average Bonchev–Trinajstić information content (AvgIpc) is 2.27. The van der Waals surface area contributed by atoms with Crippen molar-refractivity contribution in [3.63, 3.8) is 0 Å². The van der Waals surface area contributed by atoms with Gasteiger partial charge in [-0.2, -0.15) is 11.8 Å². The Morgan fingerprint density at radius 3 is 1.81 bits per heavy atom. The minimum absolute atomic E-state index is 0.410. The molecule has 0 aliphatic carbocycles. The molecule has 6 heteroatoms. The van der Waals surface area contributed by atoms with Gasteiger partial charge in [-0.1, -0.05) is 6.92 Å². The maximum absolute atomic E-state index is 5.74. The summed E-state index contributed by atoms with van der Waals surface area (Å²) in [5.74, 6) is 0. The molecule has 0 aromatic heterocycles. The summed E-state index contributed by atoms with van der Waals surface area (Å²) in [5, 5.41) is 1.19. The summed E-state index contributed by atoms with van der Waals surface area (Å²) in [6.45, 7) is 10.6. The lowest BCUT2D eigenvalue weighted by atomic mass is 10.5. The first-order chi connectivity index (χ1) is 7.64. The average molecular weight is 267 g/mol. The second kappa shape index (κ2) is 9.44. The van der Waals surface area contributed by atoms with Gasteiger partial charge in [0.2, 0.25) is 0 Å². The molecule has 0 rings (SSSR count). The van der Waals surface area contributed by atoms with E-state index in [9.17, 15) is 0 Å². The zero-order valence-electron chi connectivity index (χ0n) is 10.8. The molecule has 0 aromatic rings. The van der Waals surface area contributed by atoms with Gasteiger partial charge >= 0.3 is 8.80 Å². The predicted octanol–water partition coefficient (Wildman–Crippen LogP) is 1.65. The largest absolute Gasteiger partial charge is 0.511 e. The summed E-state index contributed by atoms with van der Waals surface area (Å²) >= 11 is 1.76. The molecule has 0 radical (unpaired) electrons. The van der Waals surface area contributed by atoms with Crippen molar-refractivity contribution in [3.05, 3.63) is 0 Å². The van der Waals surface area contributed by atoms with E-state index in [1.54, 1.807) is 11.8 Å². The molecule has 0 spiro atoms. The second-order valence-electron chi connectivity index (χ2n) is 3.34. The van der Waals surface area contributed by atoms with Gasteiger partial charge in [-0.05, 0) is 20.8 Å². The zero-order chi connectivity index (χ0) is 12.4. The lowest BCUT2D eigenvalue weighted by Gasteiger charge is -2.28. The molecule has 0 aromatic carbocycles. The summed E-state index contributed by atoms with van der Waals surface area (Å²) < 4.78 is 17.2. The Bertz CT molecular complexity index is 157. The molecule has 0 fully saturated rings. The minimum atomic E-state index is -2.47. The Morgan fingerprint density at radius 2 is 1.50 bits per heavy atom. The van der Waals surface area contributed by atoms with Gasteiger partial charge in [0.1, 0.15) is 0 Å². The van der Waals surface area contributed by atoms with E-state index in [4.69, 9.17) is 19.0 Å². The molecular weight excluding hydrogens is 242 g/mol. The number of rotatable bonds is 10. The third kappa shape index (κ3) is 6.22. The molecule has 1 unspecified atom stereocenters. The van der Waals surface area contributed by atoms with E-state index in [1.807, 2.05) is 20.8 Å². The second-order valence-corrected chi connectivity index (χ2v) is 7.86. The van der Waals surface area contributed by atoms with Crippen molar-refractivity contribution in [2.75, 3.05) is 31.7 Å². The number of thioether (sulfide) groups is 1. The van der Waals surface area contributed by atoms with E-state index in [0.717, 1.165) is 5.38 Å². The quantitative estimate of drug-likeness (QED) is 0.610. The van der Waals surface area contributed by atoms with Crippen molar-refractivity contribution >= 4 is 20.6 Å². The Labute approximate surface area is 105 Å². The van der Waals surface area contributed by atoms with Crippen LogP contribution in [0.4, 0.5) is 0 Å². The Kier molecular flexibility index (Phi) is 9.68. The van der Waals surface area contributed by atoms with Crippen LogP contribution in [0.3, 0.4) is 0 Å². The zero-order valence-corrected chi connectivity index (χ0v) is 12.6. The SMILES string of the molecule is CCO[Si](CSC(C)CN)(OCC)OCC. The molecule has 0 aliphatic rings. The van der Waals surface area contributed by atoms with Crippen molar-refractivity contribution in [1.29, 1.82) is 0 Å². The summed E-state index contributed by atoms with van der Waals surface area (Å²) in [5.41, 5.74) is 5.60. The Morgan fingerprint density at radius 1 is 1.06 bits per heavy atom. The van der Waals surface area contributed by atoms with Crippen LogP contribution in [0.2, 0.25) is 0 Å². The fourth-order valence-electron chi connectivity index (χ4n) is 1.22. The molecule has 0 bridgehead atoms. The van der Waals surface area contributed by atoms with Crippen LogP contribution in [-0.2, 0) is 13.3 Å². The topological polar surface area (TPSA) is 53.7 Å². The number of hydrogen-bond acceptors (Lipinski definition) is 5. The molecule has 0 saturated heterocycles. The van der Waals surface area contributed by atoms with Crippen LogP contribution in [-0.4, -0.2) is 45.8 Å². The van der Waals surface area contributed by atoms with Gasteiger partial charge in [0.05, 0.1) is 5.38 Å². The maximum atomic E-state index is 5.74. The van der Waals surface area contributed by atoms with Crippen LogP contribution in [0.1, 0.15) is 27.7 Å². The highest BCUT2D eigenvalue weighted by Crippen LogP contribution is 2.20. The molecule has 98 valence electrons. The van der Waals surface area contributed by atoms with E-state index in [0.29, 0.717) is 31.6 Å². The highest BCUT2D eigenvalue weighted by molar-refractivity contribution is 8.01. The smallest absolute Gasteiger partial charge is 0.373 e. The Hall–Kier alpha value is 0.407. The van der Waals surface area contributed by atoms with E-state index in [-0.39, 0.29) is 0 Å². The van der Waals surface area contributed by atoms with Gasteiger partial charge in [0.15, 0.2) is 0 Å².